The van der Waals surface area contributed by atoms with Crippen molar-refractivity contribution in [1.82, 2.24) is 0 Å². The summed E-state index contributed by atoms with van der Waals surface area (Å²) in [5, 5.41) is 0. The molecule has 0 aromatic rings. The van der Waals surface area contributed by atoms with E-state index < -0.39 is 0 Å². The summed E-state index contributed by atoms with van der Waals surface area (Å²) in [6, 6.07) is 0. The highest BCUT2D eigenvalue weighted by Crippen LogP contribution is 1.84. The Morgan fingerprint density at radius 3 is 2.90 bits per heavy atom. The molecule has 0 saturated carbocycles. The summed E-state index contributed by atoms with van der Waals surface area (Å²) in [4.78, 5) is 0. The van der Waals surface area contributed by atoms with Gasteiger partial charge in [-0.3, -0.25) is 6.58 Å². The molecule has 0 aliphatic heterocycles. The molecule has 10 heavy (non-hydrogen) atoms. The zero-order valence-electron chi connectivity index (χ0n) is 6.60. The standard InChI is InChI=1S/C9H15O/c1-3-5-6-7-9-10-8-4-2/h6-7H,1,4-5,8-9H2,2H3/q-1/b7-6-. The van der Waals surface area contributed by atoms with Gasteiger partial charge in [-0.1, -0.05) is 13.0 Å². The molecule has 1 nitrogen and oxygen atoms in total. The van der Waals surface area contributed by atoms with Crippen LogP contribution >= 0.6 is 0 Å². The number of ether oxygens (including phenoxy) is 1. The molecule has 0 aromatic carbocycles. The van der Waals surface area contributed by atoms with Crippen LogP contribution in [0.4, 0.5) is 0 Å². The number of hydrogen-bond acceptors (Lipinski definition) is 1. The van der Waals surface area contributed by atoms with E-state index in [0.29, 0.717) is 0 Å². The first kappa shape index (κ1) is 9.44. The third kappa shape index (κ3) is 7.44. The van der Waals surface area contributed by atoms with E-state index >= 15 is 0 Å². The molecule has 0 fully saturated rings. The lowest BCUT2D eigenvalue weighted by atomic mass is 10.4. The van der Waals surface area contributed by atoms with E-state index in [0.717, 1.165) is 26.1 Å². The smallest absolute Gasteiger partial charge is 0.0646 e. The maximum atomic E-state index is 5.19. The molecule has 0 radical (unpaired) electrons. The Morgan fingerprint density at radius 2 is 2.30 bits per heavy atom. The van der Waals surface area contributed by atoms with Crippen LogP contribution in [-0.4, -0.2) is 13.2 Å². The van der Waals surface area contributed by atoms with Crippen molar-refractivity contribution < 1.29 is 4.74 Å². The fourth-order valence-electron chi connectivity index (χ4n) is 0.530. The Kier molecular flexibility index (Phi) is 7.97. The van der Waals surface area contributed by atoms with E-state index in [4.69, 9.17) is 4.74 Å². The predicted molar refractivity (Wildman–Crippen MR) is 43.7 cm³/mol. The van der Waals surface area contributed by atoms with Gasteiger partial charge in [0.05, 0.1) is 6.61 Å². The predicted octanol–water partition coefficient (Wildman–Crippen LogP) is 2.35. The van der Waals surface area contributed by atoms with Crippen molar-refractivity contribution in [3.8, 4) is 0 Å². The summed E-state index contributed by atoms with van der Waals surface area (Å²) in [5.74, 6) is 0. The second-order valence-corrected chi connectivity index (χ2v) is 2.00. The summed E-state index contributed by atoms with van der Waals surface area (Å²) in [6.45, 7) is 7.14. The highest BCUT2D eigenvalue weighted by atomic mass is 16.5. The van der Waals surface area contributed by atoms with E-state index in [1.54, 1.807) is 0 Å². The number of hydrogen-bond donors (Lipinski definition) is 0. The van der Waals surface area contributed by atoms with Crippen molar-refractivity contribution in [3.63, 3.8) is 0 Å². The van der Waals surface area contributed by atoms with Crippen LogP contribution in [0.1, 0.15) is 19.8 Å². The molecule has 0 spiro atoms. The van der Waals surface area contributed by atoms with Crippen LogP contribution in [0.5, 0.6) is 0 Å². The van der Waals surface area contributed by atoms with Crippen molar-refractivity contribution >= 4 is 0 Å². The minimum absolute atomic E-state index is 0.718. The van der Waals surface area contributed by atoms with Crippen molar-refractivity contribution in [1.29, 1.82) is 0 Å². The molecule has 0 aromatic heterocycles. The topological polar surface area (TPSA) is 9.23 Å². The fourth-order valence-corrected chi connectivity index (χ4v) is 0.530. The van der Waals surface area contributed by atoms with Gasteiger partial charge in [-0.2, -0.15) is 6.42 Å². The molecule has 58 valence electrons. The first-order valence-corrected chi connectivity index (χ1v) is 3.64. The summed E-state index contributed by atoms with van der Waals surface area (Å²) < 4.78 is 5.19. The largest absolute Gasteiger partial charge is 0.500 e. The maximum absolute atomic E-state index is 5.19. The van der Waals surface area contributed by atoms with Crippen LogP contribution < -0.4 is 0 Å². The van der Waals surface area contributed by atoms with E-state index in [2.05, 4.69) is 19.6 Å². The Morgan fingerprint density at radius 1 is 1.50 bits per heavy atom. The van der Waals surface area contributed by atoms with Crippen molar-refractivity contribution in [2.75, 3.05) is 13.2 Å². The summed E-state index contributed by atoms with van der Waals surface area (Å²) in [5.41, 5.74) is 0. The lowest BCUT2D eigenvalue weighted by molar-refractivity contribution is 0.163. The van der Waals surface area contributed by atoms with Crippen molar-refractivity contribution in [3.05, 3.63) is 24.8 Å². The second-order valence-electron chi connectivity index (χ2n) is 2.00. The highest BCUT2D eigenvalue weighted by Gasteiger charge is 1.76. The molecule has 0 N–H and O–H groups in total. The van der Waals surface area contributed by atoms with Crippen LogP contribution in [0.15, 0.2) is 18.7 Å². The van der Waals surface area contributed by atoms with Crippen LogP contribution in [0.3, 0.4) is 0 Å². The molecule has 0 saturated heterocycles. The monoisotopic (exact) mass is 139 g/mol. The van der Waals surface area contributed by atoms with Gasteiger partial charge in [-0.25, -0.2) is 0 Å². The van der Waals surface area contributed by atoms with Crippen molar-refractivity contribution in [2.45, 2.75) is 19.8 Å². The van der Waals surface area contributed by atoms with Gasteiger partial charge in [-0.15, -0.1) is 6.08 Å². The normalized spacial score (nSPS) is 10.5. The molecule has 0 aliphatic carbocycles. The summed E-state index contributed by atoms with van der Waals surface area (Å²) >= 11 is 0. The Labute approximate surface area is 63.4 Å². The quantitative estimate of drug-likeness (QED) is 0.312. The SMILES string of the molecule is C=[C-]C/C=C\COCCC. The molecule has 1 heteroatoms. The lowest BCUT2D eigenvalue weighted by Crippen LogP contribution is -1.91. The number of allylic oxidation sites excluding steroid dienone is 2. The minimum Gasteiger partial charge on any atom is -0.500 e. The van der Waals surface area contributed by atoms with Gasteiger partial charge in [0.15, 0.2) is 0 Å². The molecule has 0 atom stereocenters. The van der Waals surface area contributed by atoms with E-state index in [-0.39, 0.29) is 0 Å². The first-order chi connectivity index (χ1) is 4.91. The van der Waals surface area contributed by atoms with Crippen LogP contribution in [-0.2, 0) is 4.74 Å². The molecule has 0 amide bonds. The molecule has 0 rings (SSSR count). The summed E-state index contributed by atoms with van der Waals surface area (Å²) in [7, 11) is 0. The fraction of sp³-hybridized carbons (Fsp3) is 0.556. The molecule has 0 bridgehead atoms. The van der Waals surface area contributed by atoms with Crippen molar-refractivity contribution in [2.24, 2.45) is 0 Å². The molecule has 0 heterocycles. The zero-order valence-corrected chi connectivity index (χ0v) is 6.60. The van der Waals surface area contributed by atoms with Gasteiger partial charge < -0.3 is 10.8 Å². The molecular weight excluding hydrogens is 124 g/mol. The Hall–Kier alpha value is -0.560. The van der Waals surface area contributed by atoms with Crippen LogP contribution in [0.25, 0.3) is 0 Å². The maximum Gasteiger partial charge on any atom is 0.0646 e. The van der Waals surface area contributed by atoms with E-state index in [9.17, 15) is 0 Å². The van der Waals surface area contributed by atoms with Gasteiger partial charge in [0.25, 0.3) is 0 Å². The average Bonchev–Trinajstić information content (AvgIpc) is 1.97. The number of rotatable bonds is 6. The van der Waals surface area contributed by atoms with Gasteiger partial charge in [0.1, 0.15) is 0 Å². The van der Waals surface area contributed by atoms with Gasteiger partial charge in [0.2, 0.25) is 0 Å². The van der Waals surface area contributed by atoms with Crippen LogP contribution in [0.2, 0.25) is 0 Å². The highest BCUT2D eigenvalue weighted by molar-refractivity contribution is 4.84. The molecular formula is C9H15O-. The van der Waals surface area contributed by atoms with E-state index in [1.165, 1.54) is 0 Å². The Balaban J connectivity index is 2.94. The van der Waals surface area contributed by atoms with Gasteiger partial charge >= 0.3 is 0 Å². The third-order valence-corrected chi connectivity index (χ3v) is 0.991. The summed E-state index contributed by atoms with van der Waals surface area (Å²) in [6.07, 6.45) is 8.66. The molecule has 0 unspecified atom stereocenters. The minimum atomic E-state index is 0.718. The van der Waals surface area contributed by atoms with Crippen LogP contribution in [0, 0.1) is 6.08 Å². The van der Waals surface area contributed by atoms with Gasteiger partial charge in [0, 0.05) is 6.61 Å². The Bertz CT molecular complexity index is 94.9. The third-order valence-electron chi connectivity index (χ3n) is 0.991. The zero-order chi connectivity index (χ0) is 7.66. The van der Waals surface area contributed by atoms with E-state index in [1.807, 2.05) is 12.2 Å². The second kappa shape index (κ2) is 8.44. The lowest BCUT2D eigenvalue weighted by Gasteiger charge is -1.96. The average molecular weight is 139 g/mol. The van der Waals surface area contributed by atoms with Gasteiger partial charge in [-0.05, 0) is 6.42 Å². The molecule has 0 aliphatic rings. The first-order valence-electron chi connectivity index (χ1n) is 3.64.